The van der Waals surface area contributed by atoms with Crippen LogP contribution in [0.2, 0.25) is 0 Å². The van der Waals surface area contributed by atoms with Gasteiger partial charge in [-0.1, -0.05) is 30.4 Å². The molecule has 38 heavy (non-hydrogen) atoms. The third-order valence-corrected chi connectivity index (χ3v) is 5.00. The molecule has 0 spiro atoms. The summed E-state index contributed by atoms with van der Waals surface area (Å²) >= 11 is 0. The molecule has 0 aliphatic carbocycles. The number of amides is 1. The Balaban J connectivity index is 1.90. The summed E-state index contributed by atoms with van der Waals surface area (Å²) in [5, 5.41) is 9.93. The normalized spacial score (nSPS) is 11.6. The van der Waals surface area contributed by atoms with Crippen molar-refractivity contribution in [3.63, 3.8) is 0 Å². The summed E-state index contributed by atoms with van der Waals surface area (Å²) in [4.78, 5) is 48.3. The Morgan fingerprint density at radius 1 is 0.921 bits per heavy atom. The molecule has 2 rings (SSSR count). The number of nitrogen functional groups attached to an aromatic ring is 1. The van der Waals surface area contributed by atoms with E-state index in [1.165, 1.54) is 12.2 Å². The van der Waals surface area contributed by atoms with Crippen molar-refractivity contribution in [3.05, 3.63) is 83.4 Å². The number of hydrogen-bond donors (Lipinski definition) is 3. The number of ether oxygens (including phenoxy) is 3. The van der Waals surface area contributed by atoms with Gasteiger partial charge in [0.15, 0.2) is 0 Å². The number of hydrogen-bond acceptors (Lipinski definition) is 8. The van der Waals surface area contributed by atoms with Crippen LogP contribution in [0.15, 0.2) is 66.8 Å². The molecule has 0 aliphatic heterocycles. The Labute approximate surface area is 221 Å². The summed E-state index contributed by atoms with van der Waals surface area (Å²) in [5.74, 6) is -1.89. The number of carbonyl (C=O) groups excluding carboxylic acids is 4. The van der Waals surface area contributed by atoms with Gasteiger partial charge in [-0.3, -0.25) is 15.0 Å². The summed E-state index contributed by atoms with van der Waals surface area (Å²) in [6, 6.07) is 12.0. The standard InChI is InChI=1S/C28H31N3O7/c1-3-36-25(33)18-17-23(28(35)37-4-2)31-24(32)8-6-5-7-19-9-11-21(12-10-19)27(34)38-22-15-13-20(14-16-22)26(29)30/h5-16,23H,3-4,17-18H2,1-2H3,(H3,29,30)(H,31,32)/b7-5+,8-6+/t23-/m0/s1. The lowest BCUT2D eigenvalue weighted by molar-refractivity contribution is -0.148. The maximum absolute atomic E-state index is 12.4. The fourth-order valence-corrected chi connectivity index (χ4v) is 3.12. The van der Waals surface area contributed by atoms with Gasteiger partial charge in [0.05, 0.1) is 18.8 Å². The number of rotatable bonds is 13. The zero-order chi connectivity index (χ0) is 27.9. The third-order valence-electron chi connectivity index (χ3n) is 5.00. The van der Waals surface area contributed by atoms with Crippen LogP contribution in [-0.4, -0.2) is 48.9 Å². The smallest absolute Gasteiger partial charge is 0.343 e. The lowest BCUT2D eigenvalue weighted by Crippen LogP contribution is -2.41. The van der Waals surface area contributed by atoms with Gasteiger partial charge >= 0.3 is 17.9 Å². The molecule has 200 valence electrons. The first-order valence-electron chi connectivity index (χ1n) is 12.0. The largest absolute Gasteiger partial charge is 0.466 e. The van der Waals surface area contributed by atoms with Crippen molar-refractivity contribution in [2.75, 3.05) is 13.2 Å². The van der Waals surface area contributed by atoms with E-state index in [2.05, 4.69) is 5.32 Å². The van der Waals surface area contributed by atoms with E-state index in [9.17, 15) is 19.2 Å². The average molecular weight is 522 g/mol. The molecule has 1 amide bonds. The maximum atomic E-state index is 12.4. The minimum Gasteiger partial charge on any atom is -0.466 e. The van der Waals surface area contributed by atoms with Crippen molar-refractivity contribution in [1.82, 2.24) is 5.32 Å². The summed E-state index contributed by atoms with van der Waals surface area (Å²) in [7, 11) is 0. The van der Waals surface area contributed by atoms with E-state index in [-0.39, 0.29) is 31.9 Å². The molecule has 0 heterocycles. The molecule has 0 saturated heterocycles. The minimum atomic E-state index is -0.972. The number of allylic oxidation sites excluding steroid dienone is 2. The molecule has 0 unspecified atom stereocenters. The van der Waals surface area contributed by atoms with Crippen LogP contribution < -0.4 is 15.8 Å². The molecule has 0 aliphatic rings. The van der Waals surface area contributed by atoms with Crippen LogP contribution in [0.4, 0.5) is 0 Å². The number of amidine groups is 1. The van der Waals surface area contributed by atoms with E-state index in [4.69, 9.17) is 25.4 Å². The predicted octanol–water partition coefficient (Wildman–Crippen LogP) is 3.15. The van der Waals surface area contributed by atoms with Crippen LogP contribution in [0.3, 0.4) is 0 Å². The Bertz CT molecular complexity index is 1190. The number of esters is 3. The number of nitrogens with one attached hydrogen (secondary N) is 2. The lowest BCUT2D eigenvalue weighted by atomic mass is 10.1. The highest BCUT2D eigenvalue weighted by Gasteiger charge is 2.22. The summed E-state index contributed by atoms with van der Waals surface area (Å²) in [6.07, 6.45) is 6.12. The zero-order valence-electron chi connectivity index (χ0n) is 21.3. The zero-order valence-corrected chi connectivity index (χ0v) is 21.3. The van der Waals surface area contributed by atoms with Crippen LogP contribution in [-0.2, 0) is 23.9 Å². The van der Waals surface area contributed by atoms with E-state index in [0.29, 0.717) is 16.9 Å². The van der Waals surface area contributed by atoms with Crippen LogP contribution >= 0.6 is 0 Å². The molecule has 4 N–H and O–H groups in total. The van der Waals surface area contributed by atoms with Gasteiger partial charge in [0.1, 0.15) is 17.6 Å². The molecular weight excluding hydrogens is 490 g/mol. The van der Waals surface area contributed by atoms with Gasteiger partial charge in [0, 0.05) is 18.1 Å². The molecule has 10 heteroatoms. The van der Waals surface area contributed by atoms with Crippen LogP contribution in [0, 0.1) is 5.41 Å². The van der Waals surface area contributed by atoms with Crippen molar-refractivity contribution in [1.29, 1.82) is 5.41 Å². The van der Waals surface area contributed by atoms with Gasteiger partial charge in [0.25, 0.3) is 0 Å². The Morgan fingerprint density at radius 2 is 1.55 bits per heavy atom. The Hall–Kier alpha value is -4.73. The molecule has 0 fully saturated rings. The second kappa shape index (κ2) is 15.4. The minimum absolute atomic E-state index is 0.0309. The first-order chi connectivity index (χ1) is 18.2. The molecule has 0 aromatic heterocycles. The first kappa shape index (κ1) is 29.5. The van der Waals surface area contributed by atoms with Gasteiger partial charge in [-0.05, 0) is 62.2 Å². The van der Waals surface area contributed by atoms with Gasteiger partial charge in [-0.2, -0.15) is 0 Å². The quantitative estimate of drug-likeness (QED) is 0.0906. The van der Waals surface area contributed by atoms with Crippen LogP contribution in [0.25, 0.3) is 6.08 Å². The molecule has 1 atom stereocenters. The number of carbonyl (C=O) groups is 4. The van der Waals surface area contributed by atoms with Gasteiger partial charge in [-0.15, -0.1) is 0 Å². The summed E-state index contributed by atoms with van der Waals surface area (Å²) in [6.45, 7) is 3.71. The second-order valence-electron chi connectivity index (χ2n) is 7.82. The molecular formula is C28H31N3O7. The monoisotopic (exact) mass is 521 g/mol. The maximum Gasteiger partial charge on any atom is 0.343 e. The molecule has 0 bridgehead atoms. The fraction of sp³-hybridized carbons (Fsp3) is 0.250. The molecule has 2 aromatic rings. The Morgan fingerprint density at radius 3 is 2.16 bits per heavy atom. The van der Waals surface area contributed by atoms with E-state index >= 15 is 0 Å². The SMILES string of the molecule is CCOC(=O)CC[C@H](NC(=O)/C=C/C=C/c1ccc(C(=O)Oc2ccc(C(=N)N)cc2)cc1)C(=O)OCC. The molecule has 2 aromatic carbocycles. The topological polar surface area (TPSA) is 158 Å². The second-order valence-corrected chi connectivity index (χ2v) is 7.82. The fourth-order valence-electron chi connectivity index (χ4n) is 3.12. The van der Waals surface area contributed by atoms with Gasteiger partial charge in [0.2, 0.25) is 5.91 Å². The molecule has 10 nitrogen and oxygen atoms in total. The van der Waals surface area contributed by atoms with Crippen molar-refractivity contribution in [3.8, 4) is 5.75 Å². The van der Waals surface area contributed by atoms with E-state index in [1.54, 1.807) is 74.5 Å². The number of nitrogens with two attached hydrogens (primary N) is 1. The average Bonchev–Trinajstić information content (AvgIpc) is 2.90. The molecule has 0 radical (unpaired) electrons. The van der Waals surface area contributed by atoms with Crippen LogP contribution in [0.1, 0.15) is 48.2 Å². The highest BCUT2D eigenvalue weighted by Crippen LogP contribution is 2.15. The van der Waals surface area contributed by atoms with Crippen molar-refractivity contribution in [2.45, 2.75) is 32.7 Å². The third kappa shape index (κ3) is 10.1. The van der Waals surface area contributed by atoms with Crippen LogP contribution in [0.5, 0.6) is 5.75 Å². The predicted molar refractivity (Wildman–Crippen MR) is 141 cm³/mol. The van der Waals surface area contributed by atoms with Crippen molar-refractivity contribution in [2.24, 2.45) is 5.73 Å². The highest BCUT2D eigenvalue weighted by atomic mass is 16.5. The Kier molecular flexibility index (Phi) is 12.0. The highest BCUT2D eigenvalue weighted by molar-refractivity contribution is 5.95. The van der Waals surface area contributed by atoms with Gasteiger partial charge < -0.3 is 25.3 Å². The summed E-state index contributed by atoms with van der Waals surface area (Å²) in [5.41, 5.74) is 7.06. The summed E-state index contributed by atoms with van der Waals surface area (Å²) < 4.78 is 15.1. The van der Waals surface area contributed by atoms with Crippen molar-refractivity contribution < 1.29 is 33.4 Å². The molecule has 0 saturated carbocycles. The van der Waals surface area contributed by atoms with Gasteiger partial charge in [-0.25, -0.2) is 9.59 Å². The van der Waals surface area contributed by atoms with Crippen molar-refractivity contribution >= 4 is 35.7 Å². The van der Waals surface area contributed by atoms with E-state index < -0.39 is 29.9 Å². The lowest BCUT2D eigenvalue weighted by Gasteiger charge is -2.15. The van der Waals surface area contributed by atoms with E-state index in [1.807, 2.05) is 0 Å². The first-order valence-corrected chi connectivity index (χ1v) is 12.0. The van der Waals surface area contributed by atoms with E-state index in [0.717, 1.165) is 5.56 Å². The number of benzene rings is 2.